The number of amides is 1. The number of ether oxygens (including phenoxy) is 1. The van der Waals surface area contributed by atoms with Crippen LogP contribution < -0.4 is 10.5 Å². The Morgan fingerprint density at radius 3 is 2.45 bits per heavy atom. The smallest absolute Gasteiger partial charge is 0.230 e. The molecule has 1 rings (SSSR count). The predicted octanol–water partition coefficient (Wildman–Crippen LogP) is 3.14. The number of thioether (sulfide) groups is 1. The zero-order valence-electron chi connectivity index (χ0n) is 14.3. The van der Waals surface area contributed by atoms with Crippen molar-refractivity contribution in [3.05, 3.63) is 23.8 Å². The lowest BCUT2D eigenvalue weighted by atomic mass is 9.81. The highest BCUT2D eigenvalue weighted by molar-refractivity contribution is 7.98. The average molecular weight is 324 g/mol. The van der Waals surface area contributed by atoms with Crippen LogP contribution in [0.2, 0.25) is 0 Å². The van der Waals surface area contributed by atoms with Crippen LogP contribution in [0.5, 0.6) is 5.75 Å². The largest absolute Gasteiger partial charge is 0.496 e. The van der Waals surface area contributed by atoms with E-state index in [-0.39, 0.29) is 5.91 Å². The molecule has 1 amide bonds. The molecule has 0 aromatic heterocycles. The van der Waals surface area contributed by atoms with Gasteiger partial charge in [0.05, 0.1) is 12.5 Å². The lowest BCUT2D eigenvalue weighted by Crippen LogP contribution is -2.45. The fourth-order valence-corrected chi connectivity index (χ4v) is 3.21. The van der Waals surface area contributed by atoms with E-state index in [0.29, 0.717) is 13.1 Å². The van der Waals surface area contributed by atoms with Gasteiger partial charge >= 0.3 is 0 Å². The predicted molar refractivity (Wildman–Crippen MR) is 93.3 cm³/mol. The van der Waals surface area contributed by atoms with Crippen LogP contribution in [-0.2, 0) is 11.3 Å². The third kappa shape index (κ3) is 3.96. The molecule has 4 nitrogen and oxygen atoms in total. The van der Waals surface area contributed by atoms with Crippen LogP contribution in [0.4, 0.5) is 0 Å². The Morgan fingerprint density at radius 1 is 1.36 bits per heavy atom. The number of rotatable bonds is 8. The Kier molecular flexibility index (Phi) is 7.23. The van der Waals surface area contributed by atoms with Crippen LogP contribution >= 0.6 is 11.8 Å². The summed E-state index contributed by atoms with van der Waals surface area (Å²) in [6.45, 7) is 5.00. The summed E-state index contributed by atoms with van der Waals surface area (Å²) in [7, 11) is 3.51. The molecule has 0 spiro atoms. The molecule has 0 saturated heterocycles. The molecule has 0 aliphatic carbocycles. The van der Waals surface area contributed by atoms with Gasteiger partial charge in [-0.25, -0.2) is 0 Å². The van der Waals surface area contributed by atoms with Gasteiger partial charge in [0.15, 0.2) is 0 Å². The third-order valence-corrected chi connectivity index (χ3v) is 5.19. The third-order valence-electron chi connectivity index (χ3n) is 4.41. The van der Waals surface area contributed by atoms with Gasteiger partial charge in [-0.15, -0.1) is 11.8 Å². The molecule has 0 radical (unpaired) electrons. The van der Waals surface area contributed by atoms with Gasteiger partial charge in [-0.2, -0.15) is 0 Å². The maximum atomic E-state index is 12.8. The minimum atomic E-state index is -0.446. The maximum Gasteiger partial charge on any atom is 0.230 e. The van der Waals surface area contributed by atoms with E-state index >= 15 is 0 Å². The monoisotopic (exact) mass is 324 g/mol. The summed E-state index contributed by atoms with van der Waals surface area (Å²) >= 11 is 1.65. The van der Waals surface area contributed by atoms with Crippen LogP contribution in [0, 0.1) is 5.41 Å². The molecule has 5 heteroatoms. The fraction of sp³-hybridized carbons (Fsp3) is 0.588. The number of nitrogens with zero attached hydrogens (tertiary/aromatic N) is 1. The van der Waals surface area contributed by atoms with Gasteiger partial charge in [0.1, 0.15) is 5.75 Å². The zero-order valence-corrected chi connectivity index (χ0v) is 15.1. The van der Waals surface area contributed by atoms with Crippen molar-refractivity contribution in [1.82, 2.24) is 4.90 Å². The van der Waals surface area contributed by atoms with Gasteiger partial charge in [0.2, 0.25) is 5.91 Å². The van der Waals surface area contributed by atoms with Crippen molar-refractivity contribution in [2.75, 3.05) is 27.0 Å². The SMILES string of the molecule is CCC(CC)(CN)C(=O)N(C)Cc1ccc(SC)c(OC)c1. The summed E-state index contributed by atoms with van der Waals surface area (Å²) in [5, 5.41) is 0. The summed E-state index contributed by atoms with van der Waals surface area (Å²) in [6.07, 6.45) is 3.54. The first kappa shape index (κ1) is 18.8. The van der Waals surface area contributed by atoms with Crippen molar-refractivity contribution in [3.8, 4) is 5.75 Å². The number of hydrogen-bond acceptors (Lipinski definition) is 4. The molecule has 1 aromatic carbocycles. The van der Waals surface area contributed by atoms with Crippen molar-refractivity contribution in [3.63, 3.8) is 0 Å². The molecular formula is C17H28N2O2S. The minimum absolute atomic E-state index is 0.118. The standard InChI is InChI=1S/C17H28N2O2S/c1-6-17(7-2,12-18)16(20)19(3)11-13-8-9-15(22-5)14(10-13)21-4/h8-10H,6-7,11-12,18H2,1-5H3. The molecule has 2 N–H and O–H groups in total. The Bertz CT molecular complexity index is 493. The second kappa shape index (κ2) is 8.44. The highest BCUT2D eigenvalue weighted by Crippen LogP contribution is 2.30. The van der Waals surface area contributed by atoms with E-state index in [1.54, 1.807) is 23.8 Å². The lowest BCUT2D eigenvalue weighted by Gasteiger charge is -2.33. The van der Waals surface area contributed by atoms with E-state index in [0.717, 1.165) is 29.1 Å². The van der Waals surface area contributed by atoms with Gasteiger partial charge in [-0.1, -0.05) is 19.9 Å². The second-order valence-electron chi connectivity index (χ2n) is 5.54. The Balaban J connectivity index is 2.92. The second-order valence-corrected chi connectivity index (χ2v) is 6.39. The number of nitrogens with two attached hydrogens (primary N) is 1. The first-order chi connectivity index (χ1) is 10.5. The Hall–Kier alpha value is -1.20. The zero-order chi connectivity index (χ0) is 16.8. The van der Waals surface area contributed by atoms with Crippen molar-refractivity contribution in [2.45, 2.75) is 38.1 Å². The first-order valence-electron chi connectivity index (χ1n) is 7.64. The number of benzene rings is 1. The molecule has 0 aliphatic heterocycles. The highest BCUT2D eigenvalue weighted by Gasteiger charge is 2.35. The molecular weight excluding hydrogens is 296 g/mol. The van der Waals surface area contributed by atoms with Crippen molar-refractivity contribution in [1.29, 1.82) is 0 Å². The molecule has 0 bridgehead atoms. The molecule has 0 aliphatic rings. The summed E-state index contributed by atoms with van der Waals surface area (Å²) < 4.78 is 5.41. The molecule has 22 heavy (non-hydrogen) atoms. The van der Waals surface area contributed by atoms with E-state index < -0.39 is 5.41 Å². The topological polar surface area (TPSA) is 55.6 Å². The van der Waals surface area contributed by atoms with E-state index in [1.165, 1.54) is 0 Å². The van der Waals surface area contributed by atoms with E-state index in [1.807, 2.05) is 45.4 Å². The van der Waals surface area contributed by atoms with Crippen LogP contribution in [0.3, 0.4) is 0 Å². The van der Waals surface area contributed by atoms with Crippen LogP contribution in [-0.4, -0.2) is 37.8 Å². The molecule has 124 valence electrons. The quantitative estimate of drug-likeness (QED) is 0.746. The van der Waals surface area contributed by atoms with Crippen molar-refractivity contribution < 1.29 is 9.53 Å². The fourth-order valence-electron chi connectivity index (χ4n) is 2.66. The molecule has 1 aromatic rings. The van der Waals surface area contributed by atoms with Crippen LogP contribution in [0.25, 0.3) is 0 Å². The number of methoxy groups -OCH3 is 1. The van der Waals surface area contributed by atoms with Gasteiger partial charge in [0, 0.05) is 25.0 Å². The molecule has 0 unspecified atom stereocenters. The van der Waals surface area contributed by atoms with Crippen molar-refractivity contribution >= 4 is 17.7 Å². The van der Waals surface area contributed by atoms with Crippen molar-refractivity contribution in [2.24, 2.45) is 11.1 Å². The minimum Gasteiger partial charge on any atom is -0.496 e. The lowest BCUT2D eigenvalue weighted by molar-refractivity contribution is -0.141. The Labute approximate surface area is 138 Å². The van der Waals surface area contributed by atoms with E-state index in [4.69, 9.17) is 10.5 Å². The number of carbonyl (C=O) groups is 1. The average Bonchev–Trinajstić information content (AvgIpc) is 2.56. The van der Waals surface area contributed by atoms with Crippen LogP contribution in [0.1, 0.15) is 32.3 Å². The first-order valence-corrected chi connectivity index (χ1v) is 8.87. The van der Waals surface area contributed by atoms with Gasteiger partial charge in [0.25, 0.3) is 0 Å². The summed E-state index contributed by atoms with van der Waals surface area (Å²) in [4.78, 5) is 15.6. The van der Waals surface area contributed by atoms with E-state index in [2.05, 4.69) is 0 Å². The Morgan fingerprint density at radius 2 is 2.00 bits per heavy atom. The maximum absolute atomic E-state index is 12.8. The summed E-state index contributed by atoms with van der Waals surface area (Å²) in [6, 6.07) is 6.07. The molecule has 0 fully saturated rings. The highest BCUT2D eigenvalue weighted by atomic mass is 32.2. The molecule has 0 heterocycles. The molecule has 0 atom stereocenters. The summed E-state index contributed by atoms with van der Waals surface area (Å²) in [5.74, 6) is 0.967. The van der Waals surface area contributed by atoms with Gasteiger partial charge in [-0.05, 0) is 36.8 Å². The number of carbonyl (C=O) groups excluding carboxylic acids is 1. The summed E-state index contributed by atoms with van der Waals surface area (Å²) in [5.41, 5.74) is 6.49. The number of hydrogen-bond donors (Lipinski definition) is 1. The van der Waals surface area contributed by atoms with Crippen LogP contribution in [0.15, 0.2) is 23.1 Å². The van der Waals surface area contributed by atoms with E-state index in [9.17, 15) is 4.79 Å². The van der Waals surface area contributed by atoms with Gasteiger partial charge in [-0.3, -0.25) is 4.79 Å². The normalized spacial score (nSPS) is 11.4. The van der Waals surface area contributed by atoms with Gasteiger partial charge < -0.3 is 15.4 Å². The molecule has 0 saturated carbocycles.